The average Bonchev–Trinajstić information content (AvgIpc) is 3.30. The molecule has 2 aromatic rings. The first-order valence-electron chi connectivity index (χ1n) is 9.86. The maximum absolute atomic E-state index is 12.7. The quantitative estimate of drug-likeness (QED) is 0.587. The largest absolute Gasteiger partial charge is 0.497 e. The maximum atomic E-state index is 12.7. The standard InChI is InChI=1S/C20H25N5O5S/c1-29-12-9-21-16(26)13-7-10-25(11-8-13)20(28)19-24-23-18(31-19)17(27)22-14-3-5-15(30-2)6-4-14/h3-6,13H,7-12H2,1-2H3,(H,21,26)(H,22,27). The molecule has 0 bridgehead atoms. The van der Waals surface area contributed by atoms with Crippen LogP contribution in [0.1, 0.15) is 32.4 Å². The van der Waals surface area contributed by atoms with Crippen molar-refractivity contribution in [3.05, 3.63) is 34.3 Å². The third kappa shape index (κ3) is 5.98. The Morgan fingerprint density at radius 2 is 1.77 bits per heavy atom. The molecule has 3 rings (SSSR count). The fraction of sp³-hybridized carbons (Fsp3) is 0.450. The molecule has 0 spiro atoms. The predicted octanol–water partition coefficient (Wildman–Crippen LogP) is 1.41. The number of hydrogen-bond acceptors (Lipinski definition) is 8. The summed E-state index contributed by atoms with van der Waals surface area (Å²) in [5.74, 6) is -0.177. The molecule has 1 aromatic heterocycles. The minimum atomic E-state index is -0.437. The van der Waals surface area contributed by atoms with Gasteiger partial charge in [0.25, 0.3) is 11.8 Å². The highest BCUT2D eigenvalue weighted by Crippen LogP contribution is 2.21. The topological polar surface area (TPSA) is 123 Å². The summed E-state index contributed by atoms with van der Waals surface area (Å²) in [6.45, 7) is 1.84. The van der Waals surface area contributed by atoms with Crippen molar-refractivity contribution in [2.24, 2.45) is 5.92 Å². The number of carbonyl (C=O) groups is 3. The van der Waals surface area contributed by atoms with Crippen molar-refractivity contribution in [3.8, 4) is 5.75 Å². The van der Waals surface area contributed by atoms with Crippen LogP contribution < -0.4 is 15.4 Å². The van der Waals surface area contributed by atoms with Crippen LogP contribution in [-0.2, 0) is 9.53 Å². The van der Waals surface area contributed by atoms with Crippen LogP contribution in [0, 0.1) is 5.92 Å². The van der Waals surface area contributed by atoms with Crippen LogP contribution in [-0.4, -0.2) is 73.3 Å². The van der Waals surface area contributed by atoms with Crippen LogP contribution in [0.4, 0.5) is 5.69 Å². The average molecular weight is 448 g/mol. The Balaban J connectivity index is 1.51. The lowest BCUT2D eigenvalue weighted by Crippen LogP contribution is -2.43. The van der Waals surface area contributed by atoms with Gasteiger partial charge in [0.1, 0.15) is 5.75 Å². The lowest BCUT2D eigenvalue weighted by molar-refractivity contribution is -0.126. The number of ether oxygens (including phenoxy) is 2. The van der Waals surface area contributed by atoms with E-state index in [1.165, 1.54) is 0 Å². The van der Waals surface area contributed by atoms with Gasteiger partial charge in [0.05, 0.1) is 13.7 Å². The molecular formula is C20H25N5O5S. The SMILES string of the molecule is COCCNC(=O)C1CCN(C(=O)c2nnc(C(=O)Nc3ccc(OC)cc3)s2)CC1. The lowest BCUT2D eigenvalue weighted by Gasteiger charge is -2.30. The molecule has 166 valence electrons. The third-order valence-electron chi connectivity index (χ3n) is 4.91. The lowest BCUT2D eigenvalue weighted by atomic mass is 9.96. The number of aromatic nitrogens is 2. The summed E-state index contributed by atoms with van der Waals surface area (Å²) in [5, 5.41) is 13.6. The van der Waals surface area contributed by atoms with Crippen molar-refractivity contribution in [2.45, 2.75) is 12.8 Å². The van der Waals surface area contributed by atoms with Gasteiger partial charge in [-0.25, -0.2) is 0 Å². The Kier molecular flexibility index (Phi) is 7.90. The Morgan fingerprint density at radius 1 is 1.10 bits per heavy atom. The second kappa shape index (κ2) is 10.8. The summed E-state index contributed by atoms with van der Waals surface area (Å²) in [6, 6.07) is 6.87. The smallest absolute Gasteiger partial charge is 0.286 e. The number of benzene rings is 1. The molecule has 11 heteroatoms. The Hall–Kier alpha value is -3.05. The van der Waals surface area contributed by atoms with Crippen LogP contribution in [0.5, 0.6) is 5.75 Å². The Morgan fingerprint density at radius 3 is 2.42 bits per heavy atom. The van der Waals surface area contributed by atoms with Crippen LogP contribution in [0.3, 0.4) is 0 Å². The highest BCUT2D eigenvalue weighted by molar-refractivity contribution is 7.15. The van der Waals surface area contributed by atoms with E-state index < -0.39 is 5.91 Å². The molecule has 10 nitrogen and oxygen atoms in total. The number of methoxy groups -OCH3 is 2. The van der Waals surface area contributed by atoms with Crippen LogP contribution in [0.2, 0.25) is 0 Å². The maximum Gasteiger partial charge on any atom is 0.286 e. The van der Waals surface area contributed by atoms with E-state index in [9.17, 15) is 14.4 Å². The molecule has 0 radical (unpaired) electrons. The number of rotatable bonds is 8. The van der Waals surface area contributed by atoms with Crippen LogP contribution >= 0.6 is 11.3 Å². The molecule has 0 atom stereocenters. The van der Waals surface area contributed by atoms with E-state index in [2.05, 4.69) is 20.8 Å². The molecule has 2 N–H and O–H groups in total. The van der Waals surface area contributed by atoms with Crippen molar-refractivity contribution in [1.82, 2.24) is 20.4 Å². The summed E-state index contributed by atoms with van der Waals surface area (Å²) in [4.78, 5) is 38.9. The van der Waals surface area contributed by atoms with E-state index in [-0.39, 0.29) is 27.7 Å². The number of anilines is 1. The molecule has 0 aliphatic carbocycles. The minimum Gasteiger partial charge on any atom is -0.497 e. The molecule has 2 heterocycles. The fourth-order valence-corrected chi connectivity index (χ4v) is 3.87. The molecule has 0 saturated carbocycles. The van der Waals surface area contributed by atoms with Crippen LogP contribution in [0.15, 0.2) is 24.3 Å². The zero-order valence-corrected chi connectivity index (χ0v) is 18.2. The van der Waals surface area contributed by atoms with Gasteiger partial charge in [-0.3, -0.25) is 14.4 Å². The second-order valence-corrected chi connectivity index (χ2v) is 7.92. The first-order chi connectivity index (χ1) is 15.0. The summed E-state index contributed by atoms with van der Waals surface area (Å²) in [6.07, 6.45) is 1.16. The van der Waals surface area contributed by atoms with E-state index in [0.29, 0.717) is 50.5 Å². The van der Waals surface area contributed by atoms with Gasteiger partial charge in [0, 0.05) is 38.3 Å². The molecule has 1 aliphatic heterocycles. The summed E-state index contributed by atoms with van der Waals surface area (Å²) in [7, 11) is 3.14. The first-order valence-corrected chi connectivity index (χ1v) is 10.7. The van der Waals surface area contributed by atoms with Crippen molar-refractivity contribution < 1.29 is 23.9 Å². The van der Waals surface area contributed by atoms with Crippen LogP contribution in [0.25, 0.3) is 0 Å². The Bertz CT molecular complexity index is 909. The molecule has 1 saturated heterocycles. The van der Waals surface area contributed by atoms with Gasteiger partial charge >= 0.3 is 0 Å². The number of nitrogens with one attached hydrogen (secondary N) is 2. The molecule has 1 fully saturated rings. The molecule has 3 amide bonds. The van der Waals surface area contributed by atoms with Crippen molar-refractivity contribution >= 4 is 34.7 Å². The predicted molar refractivity (Wildman–Crippen MR) is 114 cm³/mol. The van der Waals surface area contributed by atoms with E-state index in [1.54, 1.807) is 43.4 Å². The molecule has 31 heavy (non-hydrogen) atoms. The number of likely N-dealkylation sites (tertiary alicyclic amines) is 1. The number of amides is 3. The summed E-state index contributed by atoms with van der Waals surface area (Å²) >= 11 is 0.947. The van der Waals surface area contributed by atoms with Gasteiger partial charge in [-0.05, 0) is 37.1 Å². The van der Waals surface area contributed by atoms with Gasteiger partial charge in [-0.2, -0.15) is 0 Å². The number of piperidine rings is 1. The van der Waals surface area contributed by atoms with Crippen molar-refractivity contribution in [3.63, 3.8) is 0 Å². The zero-order valence-electron chi connectivity index (χ0n) is 17.4. The minimum absolute atomic E-state index is 0.0162. The zero-order chi connectivity index (χ0) is 22.2. The first kappa shape index (κ1) is 22.6. The van der Waals surface area contributed by atoms with Crippen molar-refractivity contribution in [2.75, 3.05) is 45.8 Å². The summed E-state index contributed by atoms with van der Waals surface area (Å²) < 4.78 is 10.0. The van der Waals surface area contributed by atoms with Gasteiger partial charge in [-0.15, -0.1) is 10.2 Å². The van der Waals surface area contributed by atoms with Gasteiger partial charge < -0.3 is 25.0 Å². The van der Waals surface area contributed by atoms with E-state index in [1.807, 2.05) is 0 Å². The fourth-order valence-electron chi connectivity index (χ4n) is 3.16. The number of hydrogen-bond donors (Lipinski definition) is 2. The normalized spacial score (nSPS) is 14.2. The Labute approximate surface area is 183 Å². The highest BCUT2D eigenvalue weighted by Gasteiger charge is 2.29. The van der Waals surface area contributed by atoms with E-state index in [4.69, 9.17) is 9.47 Å². The number of nitrogens with zero attached hydrogens (tertiary/aromatic N) is 3. The van der Waals surface area contributed by atoms with E-state index >= 15 is 0 Å². The van der Waals surface area contributed by atoms with Gasteiger partial charge in [0.15, 0.2) is 0 Å². The highest BCUT2D eigenvalue weighted by atomic mass is 32.1. The van der Waals surface area contributed by atoms with Crippen molar-refractivity contribution in [1.29, 1.82) is 0 Å². The monoisotopic (exact) mass is 447 g/mol. The molecule has 1 aromatic carbocycles. The van der Waals surface area contributed by atoms with Gasteiger partial charge in [-0.1, -0.05) is 11.3 Å². The number of carbonyl (C=O) groups excluding carboxylic acids is 3. The summed E-state index contributed by atoms with van der Waals surface area (Å²) in [5.41, 5.74) is 0.583. The van der Waals surface area contributed by atoms with Gasteiger partial charge in [0.2, 0.25) is 15.9 Å². The second-order valence-electron chi connectivity index (χ2n) is 6.95. The third-order valence-corrected chi connectivity index (χ3v) is 5.82. The molecular weight excluding hydrogens is 422 g/mol. The molecule has 1 aliphatic rings. The van der Waals surface area contributed by atoms with E-state index in [0.717, 1.165) is 11.3 Å². The molecule has 0 unspecified atom stereocenters.